The summed E-state index contributed by atoms with van der Waals surface area (Å²) in [5, 5.41) is 10.3. The number of pyridine rings is 2. The van der Waals surface area contributed by atoms with Crippen LogP contribution in [-0.2, 0) is 6.61 Å². The molecule has 2 N–H and O–H groups in total. The summed E-state index contributed by atoms with van der Waals surface area (Å²) in [7, 11) is 0. The molecular weight excluding hydrogens is 404 g/mol. The highest BCUT2D eigenvalue weighted by Crippen LogP contribution is 2.24. The van der Waals surface area contributed by atoms with E-state index < -0.39 is 24.3 Å². The summed E-state index contributed by atoms with van der Waals surface area (Å²) in [4.78, 5) is 17.3. The van der Waals surface area contributed by atoms with Crippen LogP contribution in [0, 0.1) is 12.8 Å². The number of ether oxygens (including phenoxy) is 1. The van der Waals surface area contributed by atoms with E-state index in [0.29, 0.717) is 48.5 Å². The molecule has 0 aromatic carbocycles. The maximum Gasteiger partial charge on any atom is 0.255 e. The summed E-state index contributed by atoms with van der Waals surface area (Å²) in [5.41, 5.74) is 2.22. The van der Waals surface area contributed by atoms with Crippen LogP contribution in [0.3, 0.4) is 0 Å². The van der Waals surface area contributed by atoms with Gasteiger partial charge in [0.2, 0.25) is 6.43 Å². The molecule has 3 aromatic rings. The molecule has 164 valence electrons. The topological polar surface area (TPSA) is 80.5 Å². The number of hydrogen-bond acceptors (Lipinski definition) is 5. The number of aromatic nitrogens is 3. The van der Waals surface area contributed by atoms with Crippen molar-refractivity contribution in [3.05, 3.63) is 59.7 Å². The molecule has 31 heavy (non-hydrogen) atoms. The summed E-state index contributed by atoms with van der Waals surface area (Å²) in [5.74, 6) is -0.721. The molecule has 1 fully saturated rings. The first-order chi connectivity index (χ1) is 15.0. The van der Waals surface area contributed by atoms with Crippen molar-refractivity contribution in [1.82, 2.24) is 25.2 Å². The van der Waals surface area contributed by atoms with Gasteiger partial charge >= 0.3 is 0 Å². The Bertz CT molecular complexity index is 1040. The van der Waals surface area contributed by atoms with E-state index in [0.717, 1.165) is 5.69 Å². The van der Waals surface area contributed by atoms with Gasteiger partial charge < -0.3 is 15.4 Å². The van der Waals surface area contributed by atoms with Gasteiger partial charge in [-0.2, -0.15) is 5.10 Å². The summed E-state index contributed by atoms with van der Waals surface area (Å²) >= 11 is 0. The molecular formula is C22H25F2N5O2. The van der Waals surface area contributed by atoms with Gasteiger partial charge in [0, 0.05) is 37.0 Å². The Morgan fingerprint density at radius 3 is 3.03 bits per heavy atom. The third-order valence-corrected chi connectivity index (χ3v) is 5.53. The van der Waals surface area contributed by atoms with Gasteiger partial charge in [-0.05, 0) is 44.5 Å². The molecule has 1 aliphatic heterocycles. The highest BCUT2D eigenvalue weighted by molar-refractivity contribution is 6.02. The van der Waals surface area contributed by atoms with Gasteiger partial charge in [-0.3, -0.25) is 9.78 Å². The molecule has 1 saturated heterocycles. The van der Waals surface area contributed by atoms with Crippen molar-refractivity contribution >= 4 is 11.4 Å². The summed E-state index contributed by atoms with van der Waals surface area (Å²) in [6, 6.07) is 8.42. The Kier molecular flexibility index (Phi) is 6.41. The summed E-state index contributed by atoms with van der Waals surface area (Å²) < 4.78 is 34.5. The zero-order valence-corrected chi connectivity index (χ0v) is 17.2. The van der Waals surface area contributed by atoms with Gasteiger partial charge in [0.05, 0.1) is 22.5 Å². The normalized spacial score (nSPS) is 19.4. The minimum atomic E-state index is -2.48. The Morgan fingerprint density at radius 1 is 1.39 bits per heavy atom. The number of amides is 1. The van der Waals surface area contributed by atoms with E-state index in [9.17, 15) is 13.6 Å². The van der Waals surface area contributed by atoms with Crippen LogP contribution in [0.15, 0.2) is 42.7 Å². The lowest BCUT2D eigenvalue weighted by Crippen LogP contribution is -2.47. The second-order valence-corrected chi connectivity index (χ2v) is 7.69. The number of aryl methyl sites for hydroxylation is 1. The second-order valence-electron chi connectivity index (χ2n) is 7.69. The van der Waals surface area contributed by atoms with Gasteiger partial charge in [0.25, 0.3) is 5.91 Å². The van der Waals surface area contributed by atoms with E-state index in [1.807, 2.05) is 18.2 Å². The van der Waals surface area contributed by atoms with E-state index >= 15 is 0 Å². The van der Waals surface area contributed by atoms with Crippen LogP contribution < -0.4 is 15.4 Å². The lowest BCUT2D eigenvalue weighted by atomic mass is 9.95. The Balaban J connectivity index is 1.55. The first-order valence-corrected chi connectivity index (χ1v) is 10.3. The van der Waals surface area contributed by atoms with Gasteiger partial charge in [-0.1, -0.05) is 6.07 Å². The highest BCUT2D eigenvalue weighted by atomic mass is 19.3. The minimum absolute atomic E-state index is 0.287. The number of hydrogen-bond donors (Lipinski definition) is 2. The number of alkyl halides is 2. The number of carbonyl (C=O) groups excluding carboxylic acids is 1. The number of nitrogens with zero attached hydrogens (tertiary/aromatic N) is 3. The van der Waals surface area contributed by atoms with Crippen LogP contribution >= 0.6 is 0 Å². The molecule has 0 radical (unpaired) electrons. The van der Waals surface area contributed by atoms with Crippen molar-refractivity contribution in [1.29, 1.82) is 0 Å². The van der Waals surface area contributed by atoms with Crippen LogP contribution in [-0.4, -0.2) is 46.1 Å². The van der Waals surface area contributed by atoms with Crippen molar-refractivity contribution in [2.45, 2.75) is 38.8 Å². The smallest absolute Gasteiger partial charge is 0.255 e. The van der Waals surface area contributed by atoms with Crippen LogP contribution in [0.4, 0.5) is 8.78 Å². The van der Waals surface area contributed by atoms with E-state index in [4.69, 9.17) is 4.74 Å². The molecule has 4 rings (SSSR count). The van der Waals surface area contributed by atoms with Gasteiger partial charge in [-0.15, -0.1) is 0 Å². The third kappa shape index (κ3) is 4.82. The van der Waals surface area contributed by atoms with Gasteiger partial charge in [0.15, 0.2) is 0 Å². The lowest BCUT2D eigenvalue weighted by molar-refractivity contribution is 0.0509. The molecule has 0 saturated carbocycles. The number of carbonyl (C=O) groups is 1. The summed E-state index contributed by atoms with van der Waals surface area (Å²) in [6.45, 7) is 3.00. The standard InChI is InChI=1S/C22H25F2N5O2/c1-14-20(22(30)27-18-12-25-8-4-6-17(18)21(23)24)19-11-16(7-10-29(19)28-14)31-13-15-5-2-3-9-26-15/h2-3,5,7,9-11,17-18,21,25H,4,6,8,12-13H2,1H3,(H,27,30). The van der Waals surface area contributed by atoms with Crippen molar-refractivity contribution in [3.63, 3.8) is 0 Å². The molecule has 2 unspecified atom stereocenters. The monoisotopic (exact) mass is 429 g/mol. The fraction of sp³-hybridized carbons (Fsp3) is 0.409. The first-order valence-electron chi connectivity index (χ1n) is 10.3. The fourth-order valence-corrected chi connectivity index (χ4v) is 3.93. The fourth-order valence-electron chi connectivity index (χ4n) is 3.93. The molecule has 4 heterocycles. The van der Waals surface area contributed by atoms with E-state index in [2.05, 4.69) is 20.7 Å². The van der Waals surface area contributed by atoms with Crippen molar-refractivity contribution < 1.29 is 18.3 Å². The number of fused-ring (bicyclic) bond motifs is 1. The van der Waals surface area contributed by atoms with E-state index in [1.54, 1.807) is 36.0 Å². The molecule has 0 spiro atoms. The zero-order chi connectivity index (χ0) is 21.8. The minimum Gasteiger partial charge on any atom is -0.487 e. The predicted molar refractivity (Wildman–Crippen MR) is 111 cm³/mol. The van der Waals surface area contributed by atoms with Crippen molar-refractivity contribution in [2.24, 2.45) is 5.92 Å². The van der Waals surface area contributed by atoms with Crippen LogP contribution in [0.25, 0.3) is 5.52 Å². The number of halogens is 2. The maximum absolute atomic E-state index is 13.5. The number of rotatable bonds is 6. The average Bonchev–Trinajstić information content (AvgIpc) is 2.92. The molecule has 1 aliphatic rings. The molecule has 0 aliphatic carbocycles. The first kappa shape index (κ1) is 21.2. The maximum atomic E-state index is 13.5. The largest absolute Gasteiger partial charge is 0.487 e. The van der Waals surface area contributed by atoms with E-state index in [-0.39, 0.29) is 6.61 Å². The molecule has 7 nitrogen and oxygen atoms in total. The van der Waals surface area contributed by atoms with Gasteiger partial charge in [0.1, 0.15) is 12.4 Å². The lowest BCUT2D eigenvalue weighted by Gasteiger charge is -2.25. The Hall–Kier alpha value is -3.07. The van der Waals surface area contributed by atoms with E-state index in [1.165, 1.54) is 0 Å². The average molecular weight is 429 g/mol. The molecule has 3 aromatic heterocycles. The van der Waals surface area contributed by atoms with Crippen molar-refractivity contribution in [3.8, 4) is 5.75 Å². The van der Waals surface area contributed by atoms with Crippen LogP contribution in [0.2, 0.25) is 0 Å². The van der Waals surface area contributed by atoms with Crippen LogP contribution in [0.5, 0.6) is 5.75 Å². The molecule has 1 amide bonds. The molecule has 2 atom stereocenters. The van der Waals surface area contributed by atoms with Crippen molar-refractivity contribution in [2.75, 3.05) is 13.1 Å². The Morgan fingerprint density at radius 2 is 2.26 bits per heavy atom. The summed E-state index contributed by atoms with van der Waals surface area (Å²) in [6.07, 6.45) is 1.95. The number of nitrogens with one attached hydrogen (secondary N) is 2. The Labute approximate surface area is 178 Å². The SMILES string of the molecule is Cc1nn2ccc(OCc3ccccn3)cc2c1C(=O)NC1CNCCCC1C(F)F. The van der Waals surface area contributed by atoms with Crippen LogP contribution in [0.1, 0.15) is 34.6 Å². The highest BCUT2D eigenvalue weighted by Gasteiger charge is 2.33. The van der Waals surface area contributed by atoms with Gasteiger partial charge in [-0.25, -0.2) is 13.3 Å². The molecule has 0 bridgehead atoms. The predicted octanol–water partition coefficient (Wildman–Crippen LogP) is 2.98. The third-order valence-electron chi connectivity index (χ3n) is 5.53. The zero-order valence-electron chi connectivity index (χ0n) is 17.2. The molecule has 9 heteroatoms. The second kappa shape index (κ2) is 9.38. The quantitative estimate of drug-likeness (QED) is 0.630.